The molecule has 1 N–H and O–H groups in total. The molecule has 1 aromatic heterocycles. The molecule has 0 saturated heterocycles. The van der Waals surface area contributed by atoms with Crippen LogP contribution < -0.4 is 5.32 Å². The Labute approximate surface area is 127 Å². The van der Waals surface area contributed by atoms with Gasteiger partial charge in [-0.1, -0.05) is 31.0 Å². The van der Waals surface area contributed by atoms with Gasteiger partial charge in [0.2, 0.25) is 0 Å². The van der Waals surface area contributed by atoms with E-state index in [4.69, 9.17) is 0 Å². The Hall–Kier alpha value is -1.32. The highest BCUT2D eigenvalue weighted by molar-refractivity contribution is 5.83. The van der Waals surface area contributed by atoms with Gasteiger partial charge >= 0.3 is 0 Å². The van der Waals surface area contributed by atoms with Crippen LogP contribution in [0.25, 0.3) is 10.9 Å². The molecule has 0 atom stereocenters. The minimum absolute atomic E-state index is 0.823. The van der Waals surface area contributed by atoms with Crippen LogP contribution in [0.1, 0.15) is 31.2 Å². The van der Waals surface area contributed by atoms with E-state index in [9.17, 15) is 0 Å². The Morgan fingerprint density at radius 1 is 1.24 bits per heavy atom. The normalized spacial score (nSPS) is 16.3. The first-order chi connectivity index (χ1) is 10.3. The highest BCUT2D eigenvalue weighted by Crippen LogP contribution is 2.22. The van der Waals surface area contributed by atoms with Gasteiger partial charge in [0.15, 0.2) is 0 Å². The van der Waals surface area contributed by atoms with E-state index in [1.165, 1.54) is 42.1 Å². The van der Waals surface area contributed by atoms with Crippen LogP contribution in [0, 0.1) is 0 Å². The number of aryl methyl sites for hydroxylation is 1. The van der Waals surface area contributed by atoms with Gasteiger partial charge in [0.1, 0.15) is 0 Å². The van der Waals surface area contributed by atoms with Crippen molar-refractivity contribution in [1.29, 1.82) is 0 Å². The van der Waals surface area contributed by atoms with E-state index in [-0.39, 0.29) is 0 Å². The average molecular weight is 285 g/mol. The second kappa shape index (κ2) is 6.63. The van der Waals surface area contributed by atoms with Crippen LogP contribution in [-0.2, 0) is 13.6 Å². The number of hydrogen-bond acceptors (Lipinski definition) is 2. The maximum Gasteiger partial charge on any atom is 0.0481 e. The number of fused-ring (bicyclic) bond motifs is 1. The van der Waals surface area contributed by atoms with E-state index in [0.717, 1.165) is 25.7 Å². The Balaban J connectivity index is 1.50. The number of likely N-dealkylation sites (N-methyl/N-ethyl adjacent to an activating group) is 1. The van der Waals surface area contributed by atoms with Crippen LogP contribution in [0.4, 0.5) is 0 Å². The molecule has 21 heavy (non-hydrogen) atoms. The molecule has 1 saturated carbocycles. The molecule has 1 heterocycles. The fraction of sp³-hybridized carbons (Fsp3) is 0.556. The van der Waals surface area contributed by atoms with Crippen molar-refractivity contribution in [3.63, 3.8) is 0 Å². The highest BCUT2D eigenvalue weighted by Gasteiger charge is 2.18. The molecule has 1 aliphatic rings. The monoisotopic (exact) mass is 285 g/mol. The predicted octanol–water partition coefficient (Wildman–Crippen LogP) is 3.14. The van der Waals surface area contributed by atoms with Gasteiger partial charge in [0.25, 0.3) is 0 Å². The third kappa shape index (κ3) is 3.30. The maximum absolute atomic E-state index is 3.61. The smallest absolute Gasteiger partial charge is 0.0481 e. The zero-order chi connectivity index (χ0) is 14.7. The van der Waals surface area contributed by atoms with Crippen LogP contribution >= 0.6 is 0 Å². The van der Waals surface area contributed by atoms with Gasteiger partial charge in [-0.25, -0.2) is 0 Å². The van der Waals surface area contributed by atoms with Gasteiger partial charge in [-0.05, 0) is 31.5 Å². The molecule has 0 aliphatic heterocycles. The lowest BCUT2D eigenvalue weighted by Gasteiger charge is -2.23. The summed E-state index contributed by atoms with van der Waals surface area (Å²) in [7, 11) is 4.40. The summed E-state index contributed by atoms with van der Waals surface area (Å²) in [5.74, 6) is 0. The quantitative estimate of drug-likeness (QED) is 0.823. The molecular formula is C18H27N3. The SMILES string of the molecule is CN(CCNCc1cn(C)c2ccccc12)C1CCCC1. The van der Waals surface area contributed by atoms with E-state index in [0.29, 0.717) is 0 Å². The summed E-state index contributed by atoms with van der Waals surface area (Å²) in [6.07, 6.45) is 7.86. The molecule has 0 radical (unpaired) electrons. The molecule has 3 nitrogen and oxygen atoms in total. The van der Waals surface area contributed by atoms with Crippen molar-refractivity contribution in [2.75, 3.05) is 20.1 Å². The van der Waals surface area contributed by atoms with E-state index in [1.54, 1.807) is 0 Å². The fourth-order valence-corrected chi connectivity index (χ4v) is 3.57. The Kier molecular flexibility index (Phi) is 4.61. The van der Waals surface area contributed by atoms with Gasteiger partial charge in [0, 0.05) is 49.8 Å². The number of benzene rings is 1. The van der Waals surface area contributed by atoms with Crippen molar-refractivity contribution in [2.45, 2.75) is 38.3 Å². The molecule has 3 heteroatoms. The summed E-state index contributed by atoms with van der Waals surface area (Å²) in [6, 6.07) is 9.46. The van der Waals surface area contributed by atoms with Crippen molar-refractivity contribution < 1.29 is 0 Å². The molecule has 3 rings (SSSR count). The largest absolute Gasteiger partial charge is 0.350 e. The molecule has 0 bridgehead atoms. The zero-order valence-electron chi connectivity index (χ0n) is 13.3. The van der Waals surface area contributed by atoms with Crippen molar-refractivity contribution in [2.24, 2.45) is 7.05 Å². The minimum atomic E-state index is 0.823. The van der Waals surface area contributed by atoms with Gasteiger partial charge < -0.3 is 14.8 Å². The first-order valence-electron chi connectivity index (χ1n) is 8.19. The van der Waals surface area contributed by atoms with Gasteiger partial charge in [-0.3, -0.25) is 0 Å². The molecular weight excluding hydrogens is 258 g/mol. The lowest BCUT2D eigenvalue weighted by Crippen LogP contribution is -2.35. The summed E-state index contributed by atoms with van der Waals surface area (Å²) in [5.41, 5.74) is 2.72. The topological polar surface area (TPSA) is 20.2 Å². The molecule has 114 valence electrons. The molecule has 2 aromatic rings. The molecule has 0 spiro atoms. The third-order valence-corrected chi connectivity index (χ3v) is 4.88. The van der Waals surface area contributed by atoms with Crippen LogP contribution in [0.5, 0.6) is 0 Å². The molecule has 1 aliphatic carbocycles. The first kappa shape index (κ1) is 14.6. The molecule has 0 amide bonds. The first-order valence-corrected chi connectivity index (χ1v) is 8.19. The second-order valence-electron chi connectivity index (χ2n) is 6.38. The number of rotatable bonds is 6. The highest BCUT2D eigenvalue weighted by atomic mass is 15.1. The second-order valence-corrected chi connectivity index (χ2v) is 6.38. The Morgan fingerprint density at radius 2 is 2.00 bits per heavy atom. The summed E-state index contributed by atoms with van der Waals surface area (Å²) >= 11 is 0. The van der Waals surface area contributed by atoms with Crippen LogP contribution in [0.15, 0.2) is 30.5 Å². The Morgan fingerprint density at radius 3 is 2.81 bits per heavy atom. The van der Waals surface area contributed by atoms with Crippen molar-refractivity contribution in [3.8, 4) is 0 Å². The molecule has 1 aromatic carbocycles. The zero-order valence-corrected chi connectivity index (χ0v) is 13.3. The van der Waals surface area contributed by atoms with Crippen LogP contribution in [0.2, 0.25) is 0 Å². The average Bonchev–Trinajstić information content (AvgIpc) is 3.13. The van der Waals surface area contributed by atoms with Crippen molar-refractivity contribution in [3.05, 3.63) is 36.0 Å². The third-order valence-electron chi connectivity index (χ3n) is 4.88. The number of nitrogens with one attached hydrogen (secondary N) is 1. The van der Waals surface area contributed by atoms with E-state index < -0.39 is 0 Å². The summed E-state index contributed by atoms with van der Waals surface area (Å²) in [4.78, 5) is 2.53. The number of nitrogens with zero attached hydrogens (tertiary/aromatic N) is 2. The van der Waals surface area contributed by atoms with Gasteiger partial charge in [0.05, 0.1) is 0 Å². The van der Waals surface area contributed by atoms with E-state index >= 15 is 0 Å². The van der Waals surface area contributed by atoms with Crippen LogP contribution in [0.3, 0.4) is 0 Å². The maximum atomic E-state index is 3.61. The van der Waals surface area contributed by atoms with Gasteiger partial charge in [-0.2, -0.15) is 0 Å². The van der Waals surface area contributed by atoms with Crippen molar-refractivity contribution >= 4 is 10.9 Å². The van der Waals surface area contributed by atoms with E-state index in [1.807, 2.05) is 0 Å². The van der Waals surface area contributed by atoms with Crippen molar-refractivity contribution in [1.82, 2.24) is 14.8 Å². The molecule has 0 unspecified atom stereocenters. The summed E-state index contributed by atoms with van der Waals surface area (Å²) < 4.78 is 2.22. The fourth-order valence-electron chi connectivity index (χ4n) is 3.57. The predicted molar refractivity (Wildman–Crippen MR) is 89.5 cm³/mol. The van der Waals surface area contributed by atoms with E-state index in [2.05, 4.69) is 59.3 Å². The lowest BCUT2D eigenvalue weighted by atomic mass is 10.2. The minimum Gasteiger partial charge on any atom is -0.350 e. The number of aromatic nitrogens is 1. The molecule has 1 fully saturated rings. The number of hydrogen-bond donors (Lipinski definition) is 1. The summed E-state index contributed by atoms with van der Waals surface area (Å²) in [6.45, 7) is 3.17. The standard InChI is InChI=1S/C18H27N3/c1-20(16-7-3-4-8-16)12-11-19-13-15-14-21(2)18-10-6-5-9-17(15)18/h5-6,9-10,14,16,19H,3-4,7-8,11-13H2,1-2H3. The number of para-hydroxylation sites is 1. The summed E-state index contributed by atoms with van der Waals surface area (Å²) in [5, 5.41) is 4.98. The van der Waals surface area contributed by atoms with Crippen LogP contribution in [-0.4, -0.2) is 35.6 Å². The van der Waals surface area contributed by atoms with Gasteiger partial charge in [-0.15, -0.1) is 0 Å². The Bertz CT molecular complexity index is 581. The lowest BCUT2D eigenvalue weighted by molar-refractivity contribution is 0.245.